The molecular weight excluding hydrogens is 336 g/mol. The maximum Gasteiger partial charge on any atom is 0.226 e. The topological polar surface area (TPSA) is 94.4 Å². The van der Waals surface area contributed by atoms with Gasteiger partial charge in [0.05, 0.1) is 18.2 Å². The number of nitrogens with zero attached hydrogens (tertiary/aromatic N) is 5. The number of amides is 1. The molecular formula is C17H24N6O3. The first-order valence-corrected chi connectivity index (χ1v) is 8.45. The Bertz CT molecular complexity index is 768. The summed E-state index contributed by atoms with van der Waals surface area (Å²) in [4.78, 5) is 22.8. The van der Waals surface area contributed by atoms with Crippen LogP contribution in [0.3, 0.4) is 0 Å². The maximum absolute atomic E-state index is 12.2. The monoisotopic (exact) mass is 360 g/mol. The molecule has 2 aromatic heterocycles. The average molecular weight is 360 g/mol. The zero-order valence-electron chi connectivity index (χ0n) is 15.5. The van der Waals surface area contributed by atoms with E-state index in [1.807, 2.05) is 30.9 Å². The number of aromatic nitrogens is 4. The molecule has 0 atom stereocenters. The van der Waals surface area contributed by atoms with E-state index in [0.29, 0.717) is 19.6 Å². The van der Waals surface area contributed by atoms with Crippen molar-refractivity contribution < 1.29 is 14.3 Å². The molecule has 1 saturated heterocycles. The molecule has 3 heterocycles. The van der Waals surface area contributed by atoms with Gasteiger partial charge in [0.2, 0.25) is 5.91 Å². The average Bonchev–Trinajstić information content (AvgIpc) is 2.93. The molecule has 2 aromatic rings. The van der Waals surface area contributed by atoms with Crippen molar-refractivity contribution in [3.8, 4) is 5.82 Å². The van der Waals surface area contributed by atoms with Gasteiger partial charge in [-0.15, -0.1) is 0 Å². The molecule has 3 rings (SSSR count). The standard InChI is InChI=1S/C17H24N6O3/c1-11-5-12(2)23(21-11)15-6-14(19-10-20-15)22-8-13(9-22)17(24)18-7-16(25-3)26-4/h5-6,10,13,16H,7-9H2,1-4H3,(H,18,24). The molecule has 0 spiro atoms. The number of hydrogen-bond donors (Lipinski definition) is 1. The van der Waals surface area contributed by atoms with E-state index in [1.165, 1.54) is 6.33 Å². The van der Waals surface area contributed by atoms with Gasteiger partial charge in [0.1, 0.15) is 12.1 Å². The van der Waals surface area contributed by atoms with Crippen molar-refractivity contribution in [3.63, 3.8) is 0 Å². The lowest BCUT2D eigenvalue weighted by molar-refractivity contribution is -0.131. The van der Waals surface area contributed by atoms with Crippen LogP contribution < -0.4 is 10.2 Å². The molecule has 1 aliphatic heterocycles. The Kier molecular flexibility index (Phi) is 5.48. The first kappa shape index (κ1) is 18.3. The van der Waals surface area contributed by atoms with Crippen molar-refractivity contribution in [3.05, 3.63) is 29.8 Å². The van der Waals surface area contributed by atoms with E-state index in [2.05, 4.69) is 20.4 Å². The Morgan fingerprint density at radius 2 is 1.92 bits per heavy atom. The van der Waals surface area contributed by atoms with Gasteiger partial charge in [-0.1, -0.05) is 0 Å². The predicted molar refractivity (Wildman–Crippen MR) is 95.1 cm³/mol. The van der Waals surface area contributed by atoms with E-state index in [4.69, 9.17) is 9.47 Å². The summed E-state index contributed by atoms with van der Waals surface area (Å²) < 4.78 is 11.9. The first-order chi connectivity index (χ1) is 12.5. The molecule has 0 aliphatic carbocycles. The third kappa shape index (κ3) is 3.83. The third-order valence-corrected chi connectivity index (χ3v) is 4.41. The molecule has 0 bridgehead atoms. The van der Waals surface area contributed by atoms with Crippen LogP contribution >= 0.6 is 0 Å². The quantitative estimate of drug-likeness (QED) is 0.717. The van der Waals surface area contributed by atoms with E-state index in [0.717, 1.165) is 23.0 Å². The fraction of sp³-hybridized carbons (Fsp3) is 0.529. The molecule has 9 nitrogen and oxygen atoms in total. The first-order valence-electron chi connectivity index (χ1n) is 8.45. The van der Waals surface area contributed by atoms with E-state index in [9.17, 15) is 4.79 Å². The summed E-state index contributed by atoms with van der Waals surface area (Å²) in [6.07, 6.45) is 1.09. The van der Waals surface area contributed by atoms with Gasteiger partial charge in [-0.05, 0) is 19.9 Å². The molecule has 1 fully saturated rings. The molecule has 1 amide bonds. The Morgan fingerprint density at radius 1 is 1.23 bits per heavy atom. The summed E-state index contributed by atoms with van der Waals surface area (Å²) in [7, 11) is 3.09. The van der Waals surface area contributed by atoms with Crippen molar-refractivity contribution in [1.29, 1.82) is 0 Å². The number of nitrogens with one attached hydrogen (secondary N) is 1. The van der Waals surface area contributed by atoms with Crippen molar-refractivity contribution in [1.82, 2.24) is 25.1 Å². The summed E-state index contributed by atoms with van der Waals surface area (Å²) in [5.41, 5.74) is 1.95. The molecule has 9 heteroatoms. The summed E-state index contributed by atoms with van der Waals surface area (Å²) in [5.74, 6) is 1.43. The van der Waals surface area contributed by atoms with Crippen LogP contribution in [0.25, 0.3) is 5.82 Å². The van der Waals surface area contributed by atoms with Crippen LogP contribution in [0, 0.1) is 19.8 Å². The summed E-state index contributed by atoms with van der Waals surface area (Å²) >= 11 is 0. The van der Waals surface area contributed by atoms with Gasteiger partial charge in [0, 0.05) is 39.1 Å². The highest BCUT2D eigenvalue weighted by atomic mass is 16.7. The normalized spacial score (nSPS) is 14.6. The van der Waals surface area contributed by atoms with Crippen LogP contribution in [0.5, 0.6) is 0 Å². The van der Waals surface area contributed by atoms with Crippen molar-refractivity contribution >= 4 is 11.7 Å². The van der Waals surface area contributed by atoms with E-state index in [-0.39, 0.29) is 11.8 Å². The zero-order chi connectivity index (χ0) is 18.7. The van der Waals surface area contributed by atoms with E-state index >= 15 is 0 Å². The predicted octanol–water partition coefficient (Wildman–Crippen LogP) is 0.450. The number of ether oxygens (including phenoxy) is 2. The van der Waals surface area contributed by atoms with Gasteiger partial charge in [-0.2, -0.15) is 5.10 Å². The number of rotatable bonds is 7. The van der Waals surface area contributed by atoms with Gasteiger partial charge < -0.3 is 19.7 Å². The minimum absolute atomic E-state index is 0.00632. The fourth-order valence-electron chi connectivity index (χ4n) is 2.91. The summed E-state index contributed by atoms with van der Waals surface area (Å²) in [6.45, 7) is 5.49. The fourth-order valence-corrected chi connectivity index (χ4v) is 2.91. The van der Waals surface area contributed by atoms with Gasteiger partial charge >= 0.3 is 0 Å². The molecule has 0 unspecified atom stereocenters. The van der Waals surface area contributed by atoms with Gasteiger partial charge in [0.15, 0.2) is 12.1 Å². The molecule has 1 aliphatic rings. The van der Waals surface area contributed by atoms with Gasteiger partial charge in [0.25, 0.3) is 0 Å². The molecule has 0 saturated carbocycles. The maximum atomic E-state index is 12.2. The van der Waals surface area contributed by atoms with Crippen molar-refractivity contribution in [2.45, 2.75) is 20.1 Å². The van der Waals surface area contributed by atoms with E-state index in [1.54, 1.807) is 18.9 Å². The molecule has 26 heavy (non-hydrogen) atoms. The lowest BCUT2D eigenvalue weighted by atomic mass is 9.99. The number of aryl methyl sites for hydroxylation is 2. The molecule has 0 aromatic carbocycles. The SMILES string of the molecule is COC(CNC(=O)C1CN(c2cc(-n3nc(C)cc3C)ncn2)C1)OC. The van der Waals surface area contributed by atoms with Crippen LogP contribution in [-0.2, 0) is 14.3 Å². The van der Waals surface area contributed by atoms with E-state index < -0.39 is 6.29 Å². The minimum atomic E-state index is -0.430. The Balaban J connectivity index is 1.58. The van der Waals surface area contributed by atoms with Crippen LogP contribution in [0.2, 0.25) is 0 Å². The van der Waals surface area contributed by atoms with Crippen LogP contribution in [0.15, 0.2) is 18.5 Å². The van der Waals surface area contributed by atoms with Crippen LogP contribution in [0.1, 0.15) is 11.4 Å². The Labute approximate surface area is 152 Å². The molecule has 140 valence electrons. The second kappa shape index (κ2) is 7.79. The molecule has 1 N–H and O–H groups in total. The Morgan fingerprint density at radius 3 is 2.54 bits per heavy atom. The highest BCUT2D eigenvalue weighted by Gasteiger charge is 2.33. The highest BCUT2D eigenvalue weighted by molar-refractivity contribution is 5.81. The number of carbonyl (C=O) groups is 1. The third-order valence-electron chi connectivity index (χ3n) is 4.41. The number of carbonyl (C=O) groups excluding carboxylic acids is 1. The Hall–Kier alpha value is -2.52. The second-order valence-electron chi connectivity index (χ2n) is 6.32. The van der Waals surface area contributed by atoms with Crippen molar-refractivity contribution in [2.24, 2.45) is 5.92 Å². The molecule has 0 radical (unpaired) electrons. The second-order valence-corrected chi connectivity index (χ2v) is 6.32. The number of hydrogen-bond acceptors (Lipinski definition) is 7. The van der Waals surface area contributed by atoms with Gasteiger partial charge in [-0.3, -0.25) is 4.79 Å². The largest absolute Gasteiger partial charge is 0.355 e. The number of anilines is 1. The number of methoxy groups -OCH3 is 2. The zero-order valence-corrected chi connectivity index (χ0v) is 15.5. The van der Waals surface area contributed by atoms with Crippen molar-refractivity contribution in [2.75, 3.05) is 38.8 Å². The summed E-state index contributed by atoms with van der Waals surface area (Å²) in [6, 6.07) is 3.89. The highest BCUT2D eigenvalue weighted by Crippen LogP contribution is 2.24. The lowest BCUT2D eigenvalue weighted by Gasteiger charge is -2.39. The van der Waals surface area contributed by atoms with Crippen LogP contribution in [-0.4, -0.2) is 65.8 Å². The van der Waals surface area contributed by atoms with Gasteiger partial charge in [-0.25, -0.2) is 14.6 Å². The van der Waals surface area contributed by atoms with Crippen LogP contribution in [0.4, 0.5) is 5.82 Å². The lowest BCUT2D eigenvalue weighted by Crippen LogP contribution is -2.54. The minimum Gasteiger partial charge on any atom is -0.355 e. The summed E-state index contributed by atoms with van der Waals surface area (Å²) in [5, 5.41) is 7.29. The smallest absolute Gasteiger partial charge is 0.226 e.